The number of nitrogens with zero attached hydrogens (tertiary/aromatic N) is 1. The number of allylic oxidation sites excluding steroid dienone is 2. The molecular weight excluding hydrogens is 467 g/mol. The highest BCUT2D eigenvalue weighted by atomic mass is 32.2. The Hall–Kier alpha value is -1.98. The molecule has 1 aliphatic carbocycles. The minimum atomic E-state index is -6.00. The van der Waals surface area contributed by atoms with Crippen molar-refractivity contribution in [2.45, 2.75) is 71.1 Å². The number of carbonyl (C=O) groups excluding carboxylic acids is 1. The summed E-state index contributed by atoms with van der Waals surface area (Å²) in [5.41, 5.74) is -4.95. The van der Waals surface area contributed by atoms with E-state index in [-0.39, 0.29) is 10.3 Å². The van der Waals surface area contributed by atoms with Crippen LogP contribution < -0.4 is 4.18 Å². The normalized spacial score (nSPS) is 16.3. The number of aryl methyl sites for hydroxylation is 1. The van der Waals surface area contributed by atoms with Gasteiger partial charge in [-0.1, -0.05) is 6.08 Å². The van der Waals surface area contributed by atoms with Crippen molar-refractivity contribution in [2.75, 3.05) is 0 Å². The molecule has 0 bridgehead atoms. The number of ketones is 1. The van der Waals surface area contributed by atoms with Crippen molar-refractivity contribution in [1.82, 2.24) is 4.98 Å². The quantitative estimate of drug-likeness (QED) is 0.373. The largest absolute Gasteiger partial charge is 0.534 e. The molecule has 0 aliphatic heterocycles. The van der Waals surface area contributed by atoms with Crippen molar-refractivity contribution >= 4 is 43.0 Å². The molecule has 0 radical (unpaired) electrons. The van der Waals surface area contributed by atoms with Crippen LogP contribution in [0.15, 0.2) is 12.1 Å². The molecule has 0 fully saturated rings. The summed E-state index contributed by atoms with van der Waals surface area (Å²) in [5, 5.41) is 0.583. The second-order valence-corrected chi connectivity index (χ2v) is 11.2. The third-order valence-corrected chi connectivity index (χ3v) is 6.88. The number of rotatable bonds is 6. The standard InChI is InChI=1S/C21H24F3NO5S2/c1-11-10-14-18(31-19(25-14)13-8-6-7-9-13)17(30-32(27,28)21(22,23)24)15(11)16(12(2)26)29-20(3,4)5/h8,10,16H,6-7,9H2,1-5H3/t16-/m1/s1. The van der Waals surface area contributed by atoms with E-state index >= 15 is 0 Å². The molecule has 0 unspecified atom stereocenters. The second-order valence-electron chi connectivity index (χ2n) is 8.63. The van der Waals surface area contributed by atoms with Crippen molar-refractivity contribution in [3.63, 3.8) is 0 Å². The van der Waals surface area contributed by atoms with E-state index in [1.165, 1.54) is 6.92 Å². The van der Waals surface area contributed by atoms with E-state index in [4.69, 9.17) is 4.74 Å². The SMILES string of the molecule is CC(=O)[C@@H](OC(C)(C)C)c1c(C)cc2nc(C3=CCCC3)sc2c1OS(=O)(=O)C(F)(F)F. The van der Waals surface area contributed by atoms with E-state index in [9.17, 15) is 26.4 Å². The van der Waals surface area contributed by atoms with E-state index in [2.05, 4.69) is 9.17 Å². The molecule has 1 atom stereocenters. The van der Waals surface area contributed by atoms with Crippen molar-refractivity contribution < 1.29 is 35.3 Å². The van der Waals surface area contributed by atoms with Crippen LogP contribution in [0.4, 0.5) is 13.2 Å². The molecule has 3 rings (SSSR count). The first-order chi connectivity index (χ1) is 14.6. The average molecular weight is 492 g/mol. The lowest BCUT2D eigenvalue weighted by Gasteiger charge is -2.28. The first-order valence-corrected chi connectivity index (χ1v) is 12.2. The minimum absolute atomic E-state index is 0.0525. The highest BCUT2D eigenvalue weighted by Gasteiger charge is 2.49. The molecule has 2 aromatic rings. The van der Waals surface area contributed by atoms with E-state index < -0.39 is 38.9 Å². The number of thiazole rings is 1. The average Bonchev–Trinajstić information content (AvgIpc) is 3.27. The van der Waals surface area contributed by atoms with Crippen LogP contribution in [0.1, 0.15) is 69.2 Å². The van der Waals surface area contributed by atoms with Crippen LogP contribution in [0.25, 0.3) is 15.8 Å². The van der Waals surface area contributed by atoms with E-state index in [0.29, 0.717) is 16.1 Å². The summed E-state index contributed by atoms with van der Waals surface area (Å²) in [5.74, 6) is -1.07. The lowest BCUT2D eigenvalue weighted by molar-refractivity contribution is -0.139. The molecular formula is C21H24F3NO5S2. The van der Waals surface area contributed by atoms with Gasteiger partial charge in [-0.3, -0.25) is 4.79 Å². The van der Waals surface area contributed by atoms with Gasteiger partial charge in [0.15, 0.2) is 11.5 Å². The molecule has 0 N–H and O–H groups in total. The first-order valence-electron chi connectivity index (χ1n) is 9.93. The van der Waals surface area contributed by atoms with Gasteiger partial charge >= 0.3 is 15.6 Å². The van der Waals surface area contributed by atoms with Gasteiger partial charge in [0.2, 0.25) is 0 Å². The summed E-state index contributed by atoms with van der Waals surface area (Å²) in [7, 11) is -6.00. The molecule has 1 aliphatic rings. The van der Waals surface area contributed by atoms with Crippen LogP contribution in [-0.4, -0.2) is 30.3 Å². The molecule has 0 saturated heterocycles. The van der Waals surface area contributed by atoms with Crippen molar-refractivity contribution in [2.24, 2.45) is 0 Å². The smallest absolute Gasteiger partial charge is 0.374 e. The minimum Gasteiger partial charge on any atom is -0.374 e. The van der Waals surface area contributed by atoms with Gasteiger partial charge in [0, 0.05) is 5.56 Å². The molecule has 32 heavy (non-hydrogen) atoms. The van der Waals surface area contributed by atoms with Gasteiger partial charge in [0.1, 0.15) is 11.1 Å². The summed E-state index contributed by atoms with van der Waals surface area (Å²) >= 11 is 1.04. The maximum Gasteiger partial charge on any atom is 0.534 e. The van der Waals surface area contributed by atoms with Crippen LogP contribution in [0.3, 0.4) is 0 Å². The summed E-state index contributed by atoms with van der Waals surface area (Å²) in [4.78, 5) is 17.0. The Morgan fingerprint density at radius 2 is 1.91 bits per heavy atom. The second kappa shape index (κ2) is 8.42. The number of hydrogen-bond acceptors (Lipinski definition) is 7. The Bertz CT molecular complexity index is 1190. The third kappa shape index (κ3) is 4.99. The maximum atomic E-state index is 13.2. The molecule has 0 spiro atoms. The Morgan fingerprint density at radius 3 is 2.41 bits per heavy atom. The fourth-order valence-corrected chi connectivity index (χ4v) is 5.09. The predicted octanol–water partition coefficient (Wildman–Crippen LogP) is 5.85. The monoisotopic (exact) mass is 491 g/mol. The van der Waals surface area contributed by atoms with Gasteiger partial charge in [0.05, 0.1) is 15.8 Å². The van der Waals surface area contributed by atoms with Crippen molar-refractivity contribution in [3.8, 4) is 5.75 Å². The van der Waals surface area contributed by atoms with E-state index in [1.54, 1.807) is 33.8 Å². The van der Waals surface area contributed by atoms with Crippen LogP contribution >= 0.6 is 11.3 Å². The van der Waals surface area contributed by atoms with Crippen LogP contribution in [-0.2, 0) is 19.6 Å². The highest BCUT2D eigenvalue weighted by molar-refractivity contribution is 7.88. The Morgan fingerprint density at radius 1 is 1.25 bits per heavy atom. The maximum absolute atomic E-state index is 13.2. The lowest BCUT2D eigenvalue weighted by atomic mass is 9.98. The van der Waals surface area contributed by atoms with Crippen LogP contribution in [0.5, 0.6) is 5.75 Å². The Labute approximate surface area is 188 Å². The zero-order valence-corrected chi connectivity index (χ0v) is 19.9. The summed E-state index contributed by atoms with van der Waals surface area (Å²) < 4.78 is 74.2. The Kier molecular flexibility index (Phi) is 6.49. The number of Topliss-reactive ketones (excluding diaryl/α,β-unsaturated/α-hetero) is 1. The molecule has 1 aromatic heterocycles. The molecule has 176 valence electrons. The fraction of sp³-hybridized carbons (Fsp3) is 0.524. The van der Waals surface area contributed by atoms with Crippen molar-refractivity contribution in [3.05, 3.63) is 28.3 Å². The van der Waals surface area contributed by atoms with Gasteiger partial charge in [-0.25, -0.2) is 4.98 Å². The molecule has 11 heteroatoms. The first kappa shape index (κ1) is 24.7. The number of carbonyl (C=O) groups is 1. The van der Waals surface area contributed by atoms with Crippen LogP contribution in [0, 0.1) is 6.92 Å². The number of halogens is 3. The predicted molar refractivity (Wildman–Crippen MR) is 116 cm³/mol. The van der Waals surface area contributed by atoms with Crippen molar-refractivity contribution in [1.29, 1.82) is 0 Å². The molecule has 1 aromatic carbocycles. The molecule has 6 nitrogen and oxygen atoms in total. The summed E-state index contributed by atoms with van der Waals surface area (Å²) in [6, 6.07) is 1.61. The number of aromatic nitrogens is 1. The van der Waals surface area contributed by atoms with Crippen LogP contribution in [0.2, 0.25) is 0 Å². The number of fused-ring (bicyclic) bond motifs is 1. The number of alkyl halides is 3. The zero-order chi connectivity index (χ0) is 24.1. The number of benzene rings is 1. The highest BCUT2D eigenvalue weighted by Crippen LogP contribution is 2.45. The Balaban J connectivity index is 2.31. The molecule has 0 saturated carbocycles. The van der Waals surface area contributed by atoms with Gasteiger partial charge in [-0.05, 0) is 71.1 Å². The van der Waals surface area contributed by atoms with Gasteiger partial charge < -0.3 is 8.92 Å². The summed E-state index contributed by atoms with van der Waals surface area (Å²) in [6.45, 7) is 7.82. The van der Waals surface area contributed by atoms with Gasteiger partial charge in [-0.2, -0.15) is 21.6 Å². The molecule has 1 heterocycles. The summed E-state index contributed by atoms with van der Waals surface area (Å²) in [6.07, 6.45) is 3.25. The zero-order valence-electron chi connectivity index (χ0n) is 18.3. The van der Waals surface area contributed by atoms with E-state index in [1.807, 2.05) is 6.08 Å². The third-order valence-electron chi connectivity index (χ3n) is 4.78. The fourth-order valence-electron chi connectivity index (χ4n) is 3.44. The van der Waals surface area contributed by atoms with Gasteiger partial charge in [-0.15, -0.1) is 11.3 Å². The molecule has 0 amide bonds. The number of hydrogen-bond donors (Lipinski definition) is 0. The topological polar surface area (TPSA) is 82.6 Å². The lowest BCUT2D eigenvalue weighted by Crippen LogP contribution is -2.30. The van der Waals surface area contributed by atoms with E-state index in [0.717, 1.165) is 36.2 Å². The number of ether oxygens (including phenoxy) is 1. The van der Waals surface area contributed by atoms with Gasteiger partial charge in [0.25, 0.3) is 0 Å².